The molecule has 3 rings (SSSR count). The van der Waals surface area contributed by atoms with Gasteiger partial charge in [0.2, 0.25) is 5.91 Å². The summed E-state index contributed by atoms with van der Waals surface area (Å²) in [5.41, 5.74) is 1.99. The summed E-state index contributed by atoms with van der Waals surface area (Å²) in [5, 5.41) is 17.4. The Morgan fingerprint density at radius 1 is 1.33 bits per heavy atom. The van der Waals surface area contributed by atoms with E-state index < -0.39 is 6.10 Å². The van der Waals surface area contributed by atoms with Gasteiger partial charge in [-0.2, -0.15) is 0 Å². The molecule has 2 aliphatic rings. The van der Waals surface area contributed by atoms with E-state index in [0.717, 1.165) is 49.4 Å². The number of nitrogens with one attached hydrogen (secondary N) is 1. The van der Waals surface area contributed by atoms with E-state index in [1.165, 1.54) is 0 Å². The molecule has 7 nitrogen and oxygen atoms in total. The summed E-state index contributed by atoms with van der Waals surface area (Å²) in [5.74, 6) is 0.907. The first-order valence-corrected chi connectivity index (χ1v) is 8.75. The van der Waals surface area contributed by atoms with E-state index >= 15 is 0 Å². The molecule has 2 saturated heterocycles. The van der Waals surface area contributed by atoms with Gasteiger partial charge in [-0.05, 0) is 33.1 Å². The summed E-state index contributed by atoms with van der Waals surface area (Å²) in [7, 11) is 0. The third-order valence-electron chi connectivity index (χ3n) is 5.15. The molecule has 0 aliphatic carbocycles. The Labute approximate surface area is 142 Å². The topological polar surface area (TPSA) is 87.8 Å². The second kappa shape index (κ2) is 7.63. The van der Waals surface area contributed by atoms with Crippen molar-refractivity contribution >= 4 is 5.91 Å². The van der Waals surface area contributed by atoms with Crippen LogP contribution < -0.4 is 5.32 Å². The van der Waals surface area contributed by atoms with Gasteiger partial charge in [-0.25, -0.2) is 0 Å². The zero-order chi connectivity index (χ0) is 17.1. The van der Waals surface area contributed by atoms with Crippen LogP contribution in [-0.4, -0.2) is 59.5 Å². The molecule has 0 bridgehead atoms. The van der Waals surface area contributed by atoms with Crippen molar-refractivity contribution in [1.29, 1.82) is 0 Å². The number of nitrogens with zero attached hydrogens (tertiary/aromatic N) is 2. The smallest absolute Gasteiger partial charge is 0.223 e. The normalized spacial score (nSPS) is 26.5. The third kappa shape index (κ3) is 3.96. The molecular weight excluding hydrogens is 310 g/mol. The Hall–Kier alpha value is -1.44. The maximum atomic E-state index is 12.3. The minimum atomic E-state index is -0.553. The highest BCUT2D eigenvalue weighted by Gasteiger charge is 2.31. The van der Waals surface area contributed by atoms with Crippen LogP contribution >= 0.6 is 0 Å². The SMILES string of the molecule is Cc1noc(C)c1CN1CC[C@@H](NC(=O)C2CCOCC2)[C@H](O)C1. The first-order valence-electron chi connectivity index (χ1n) is 8.75. The summed E-state index contributed by atoms with van der Waals surface area (Å²) in [6.07, 6.45) is 1.74. The van der Waals surface area contributed by atoms with Crippen molar-refractivity contribution in [2.24, 2.45) is 5.92 Å². The third-order valence-corrected chi connectivity index (χ3v) is 5.15. The van der Waals surface area contributed by atoms with E-state index in [1.807, 2.05) is 13.8 Å². The monoisotopic (exact) mass is 337 g/mol. The number of hydrogen-bond acceptors (Lipinski definition) is 6. The molecule has 24 heavy (non-hydrogen) atoms. The van der Waals surface area contributed by atoms with E-state index in [2.05, 4.69) is 15.4 Å². The zero-order valence-corrected chi connectivity index (χ0v) is 14.5. The minimum absolute atomic E-state index is 0.0197. The van der Waals surface area contributed by atoms with Crippen LogP contribution in [0, 0.1) is 19.8 Å². The van der Waals surface area contributed by atoms with Crippen LogP contribution in [0.2, 0.25) is 0 Å². The van der Waals surface area contributed by atoms with Gasteiger partial charge < -0.3 is 19.7 Å². The zero-order valence-electron chi connectivity index (χ0n) is 14.5. The molecule has 2 atom stereocenters. The molecule has 134 valence electrons. The molecule has 0 radical (unpaired) electrons. The predicted octanol–water partition coefficient (Wildman–Crippen LogP) is 0.769. The Kier molecular flexibility index (Phi) is 5.53. The number of carbonyl (C=O) groups is 1. The van der Waals surface area contributed by atoms with Crippen LogP contribution in [0.1, 0.15) is 36.3 Å². The number of piperidine rings is 1. The number of hydrogen-bond donors (Lipinski definition) is 2. The van der Waals surface area contributed by atoms with Crippen molar-refractivity contribution in [2.45, 2.75) is 51.8 Å². The fourth-order valence-electron chi connectivity index (χ4n) is 3.52. The van der Waals surface area contributed by atoms with Crippen molar-refractivity contribution in [1.82, 2.24) is 15.4 Å². The van der Waals surface area contributed by atoms with Crippen molar-refractivity contribution < 1.29 is 19.2 Å². The molecule has 0 aromatic carbocycles. The lowest BCUT2D eigenvalue weighted by atomic mass is 9.96. The number of aliphatic hydroxyl groups excluding tert-OH is 1. The first-order chi connectivity index (χ1) is 11.5. The Balaban J connectivity index is 1.50. The number of rotatable bonds is 4. The second-order valence-corrected chi connectivity index (χ2v) is 6.90. The van der Waals surface area contributed by atoms with E-state index in [4.69, 9.17) is 9.26 Å². The lowest BCUT2D eigenvalue weighted by Crippen LogP contribution is -2.55. The Bertz CT molecular complexity index is 549. The fourth-order valence-corrected chi connectivity index (χ4v) is 3.52. The van der Waals surface area contributed by atoms with Crippen molar-refractivity contribution in [3.8, 4) is 0 Å². The molecule has 0 saturated carbocycles. The van der Waals surface area contributed by atoms with Gasteiger partial charge >= 0.3 is 0 Å². The molecule has 1 aromatic rings. The van der Waals surface area contributed by atoms with E-state index in [1.54, 1.807) is 0 Å². The van der Waals surface area contributed by atoms with Gasteiger partial charge in [0.05, 0.1) is 17.8 Å². The molecule has 0 spiro atoms. The molecule has 1 aromatic heterocycles. The van der Waals surface area contributed by atoms with E-state index in [9.17, 15) is 9.90 Å². The summed E-state index contributed by atoms with van der Waals surface area (Å²) >= 11 is 0. The number of aliphatic hydroxyl groups is 1. The second-order valence-electron chi connectivity index (χ2n) is 6.90. The van der Waals surface area contributed by atoms with Crippen molar-refractivity contribution in [2.75, 3.05) is 26.3 Å². The fraction of sp³-hybridized carbons (Fsp3) is 0.765. The lowest BCUT2D eigenvalue weighted by Gasteiger charge is -2.37. The maximum Gasteiger partial charge on any atom is 0.223 e. The van der Waals surface area contributed by atoms with Crippen molar-refractivity contribution in [3.63, 3.8) is 0 Å². The number of β-amino-alcohol motifs (C(OH)–C–C–N with tert-alkyl or cyclic N) is 1. The van der Waals surface area contributed by atoms with Crippen LogP contribution in [0.15, 0.2) is 4.52 Å². The van der Waals surface area contributed by atoms with Gasteiger partial charge in [0.25, 0.3) is 0 Å². The summed E-state index contributed by atoms with van der Waals surface area (Å²) in [4.78, 5) is 14.5. The van der Waals surface area contributed by atoms with Crippen molar-refractivity contribution in [3.05, 3.63) is 17.0 Å². The average molecular weight is 337 g/mol. The summed E-state index contributed by atoms with van der Waals surface area (Å²) in [6, 6.07) is -0.165. The molecule has 3 heterocycles. The van der Waals surface area contributed by atoms with Crippen LogP contribution in [0.25, 0.3) is 0 Å². The molecule has 0 unspecified atom stereocenters. The van der Waals surface area contributed by atoms with E-state index in [-0.39, 0.29) is 17.9 Å². The number of carbonyl (C=O) groups excluding carboxylic acids is 1. The molecular formula is C17H27N3O4. The Morgan fingerprint density at radius 2 is 2.08 bits per heavy atom. The number of aromatic nitrogens is 1. The van der Waals surface area contributed by atoms with Gasteiger partial charge in [-0.15, -0.1) is 0 Å². The molecule has 2 aliphatic heterocycles. The molecule has 2 fully saturated rings. The predicted molar refractivity (Wildman–Crippen MR) is 87.4 cm³/mol. The minimum Gasteiger partial charge on any atom is -0.390 e. The van der Waals surface area contributed by atoms with Gasteiger partial charge in [-0.3, -0.25) is 9.69 Å². The lowest BCUT2D eigenvalue weighted by molar-refractivity contribution is -0.130. The van der Waals surface area contributed by atoms with Gasteiger partial charge in [0.15, 0.2) is 0 Å². The molecule has 1 amide bonds. The average Bonchev–Trinajstić information content (AvgIpc) is 2.90. The maximum absolute atomic E-state index is 12.3. The molecule has 2 N–H and O–H groups in total. The quantitative estimate of drug-likeness (QED) is 0.844. The van der Waals surface area contributed by atoms with Gasteiger partial charge in [0.1, 0.15) is 5.76 Å². The highest BCUT2D eigenvalue weighted by molar-refractivity contribution is 5.79. The van der Waals surface area contributed by atoms with E-state index in [0.29, 0.717) is 19.8 Å². The molecule has 7 heteroatoms. The number of ether oxygens (including phenoxy) is 1. The summed E-state index contributed by atoms with van der Waals surface area (Å²) in [6.45, 7) is 7.24. The Morgan fingerprint density at radius 3 is 2.71 bits per heavy atom. The number of aryl methyl sites for hydroxylation is 2. The standard InChI is InChI=1S/C17H27N3O4/c1-11-14(12(2)24-19-11)9-20-6-3-15(16(21)10-20)18-17(22)13-4-7-23-8-5-13/h13,15-16,21H,3-10H2,1-2H3,(H,18,22)/t15-,16-/m1/s1. The largest absolute Gasteiger partial charge is 0.390 e. The number of amides is 1. The van der Waals surface area contributed by atoms with Crippen LogP contribution in [0.4, 0.5) is 0 Å². The highest BCUT2D eigenvalue weighted by Crippen LogP contribution is 2.20. The number of likely N-dealkylation sites (tertiary alicyclic amines) is 1. The van der Waals surface area contributed by atoms with Crippen LogP contribution in [0.3, 0.4) is 0 Å². The highest BCUT2D eigenvalue weighted by atomic mass is 16.5. The van der Waals surface area contributed by atoms with Crippen LogP contribution in [0.5, 0.6) is 0 Å². The summed E-state index contributed by atoms with van der Waals surface area (Å²) < 4.78 is 10.5. The van der Waals surface area contributed by atoms with Crippen LogP contribution in [-0.2, 0) is 16.1 Å². The van der Waals surface area contributed by atoms with Gasteiger partial charge in [0, 0.05) is 44.3 Å². The first kappa shape index (κ1) is 17.4. The van der Waals surface area contributed by atoms with Gasteiger partial charge in [-0.1, -0.05) is 5.16 Å².